The Kier molecular flexibility index (Phi) is 6.67. The molecule has 1 saturated heterocycles. The van der Waals surface area contributed by atoms with Gasteiger partial charge in [-0.25, -0.2) is 0 Å². The van der Waals surface area contributed by atoms with Gasteiger partial charge in [-0.05, 0) is 26.3 Å². The van der Waals surface area contributed by atoms with Gasteiger partial charge in [-0.2, -0.15) is 0 Å². The van der Waals surface area contributed by atoms with Crippen LogP contribution in [-0.4, -0.2) is 55.6 Å². The van der Waals surface area contributed by atoms with Crippen LogP contribution < -0.4 is 11.1 Å². The third-order valence-electron chi connectivity index (χ3n) is 2.99. The number of nitrogens with two attached hydrogens (primary N) is 1. The minimum Gasteiger partial charge on any atom is -0.378 e. The molecule has 0 saturated carbocycles. The van der Waals surface area contributed by atoms with Crippen LogP contribution in [0.15, 0.2) is 0 Å². The molecular weight excluding hydrogens is 234 g/mol. The molecule has 1 aliphatic heterocycles. The number of nitrogens with zero attached hydrogens (tertiary/aromatic N) is 1. The van der Waals surface area contributed by atoms with Gasteiger partial charge in [0.05, 0.1) is 19.3 Å². The molecule has 0 aromatic rings. The van der Waals surface area contributed by atoms with Crippen LogP contribution in [0.1, 0.15) is 26.2 Å². The lowest BCUT2D eigenvalue weighted by molar-refractivity contribution is -0.137. The highest BCUT2D eigenvalue weighted by Gasteiger charge is 2.21. The number of primary amides is 1. The zero-order valence-electron chi connectivity index (χ0n) is 11.0. The Hall–Kier alpha value is -1.14. The standard InChI is InChI=1S/C12H23N3O3/c1-10(14-5-3-2-4-11(13)16)12(17)15-6-8-18-9-7-15/h10,14H,2-9H2,1H3,(H2,13,16). The molecule has 1 fully saturated rings. The maximum atomic E-state index is 12.0. The van der Waals surface area contributed by atoms with Crippen LogP contribution >= 0.6 is 0 Å². The zero-order chi connectivity index (χ0) is 13.4. The molecule has 2 amide bonds. The maximum absolute atomic E-state index is 12.0. The van der Waals surface area contributed by atoms with Crippen LogP contribution in [0.4, 0.5) is 0 Å². The van der Waals surface area contributed by atoms with E-state index in [1.54, 1.807) is 0 Å². The molecule has 0 aromatic heterocycles. The van der Waals surface area contributed by atoms with Gasteiger partial charge in [0.2, 0.25) is 11.8 Å². The number of amides is 2. The molecule has 1 rings (SSSR count). The molecule has 1 heterocycles. The molecule has 0 spiro atoms. The Bertz CT molecular complexity index is 278. The molecule has 18 heavy (non-hydrogen) atoms. The lowest BCUT2D eigenvalue weighted by Crippen LogP contribution is -2.49. The fourth-order valence-corrected chi connectivity index (χ4v) is 1.89. The number of rotatable bonds is 7. The fraction of sp³-hybridized carbons (Fsp3) is 0.833. The summed E-state index contributed by atoms with van der Waals surface area (Å²) < 4.78 is 5.21. The number of ether oxygens (including phenoxy) is 1. The lowest BCUT2D eigenvalue weighted by Gasteiger charge is -2.29. The van der Waals surface area contributed by atoms with E-state index in [1.807, 2.05) is 11.8 Å². The molecule has 0 bridgehead atoms. The Morgan fingerprint density at radius 2 is 2.00 bits per heavy atom. The van der Waals surface area contributed by atoms with Crippen LogP contribution in [0.25, 0.3) is 0 Å². The number of nitrogens with one attached hydrogen (secondary N) is 1. The molecule has 6 nitrogen and oxygen atoms in total. The number of hydrogen-bond acceptors (Lipinski definition) is 4. The molecule has 1 atom stereocenters. The fourth-order valence-electron chi connectivity index (χ4n) is 1.89. The van der Waals surface area contributed by atoms with Crippen molar-refractivity contribution in [1.29, 1.82) is 0 Å². The summed E-state index contributed by atoms with van der Waals surface area (Å²) in [7, 11) is 0. The Morgan fingerprint density at radius 3 is 2.61 bits per heavy atom. The molecular formula is C12H23N3O3. The molecule has 3 N–H and O–H groups in total. The lowest BCUT2D eigenvalue weighted by atomic mass is 10.2. The summed E-state index contributed by atoms with van der Waals surface area (Å²) in [4.78, 5) is 24.4. The number of hydrogen-bond donors (Lipinski definition) is 2. The van der Waals surface area contributed by atoms with Crippen molar-refractivity contribution in [2.45, 2.75) is 32.2 Å². The van der Waals surface area contributed by atoms with Crippen molar-refractivity contribution in [3.63, 3.8) is 0 Å². The number of carbonyl (C=O) groups is 2. The summed E-state index contributed by atoms with van der Waals surface area (Å²) in [5, 5.41) is 3.17. The molecule has 6 heteroatoms. The van der Waals surface area contributed by atoms with Gasteiger partial charge in [0.25, 0.3) is 0 Å². The summed E-state index contributed by atoms with van der Waals surface area (Å²) in [5.74, 6) is -0.152. The van der Waals surface area contributed by atoms with Crippen LogP contribution in [-0.2, 0) is 14.3 Å². The molecule has 1 aliphatic rings. The van der Waals surface area contributed by atoms with E-state index < -0.39 is 0 Å². The summed E-state index contributed by atoms with van der Waals surface area (Å²) >= 11 is 0. The largest absolute Gasteiger partial charge is 0.378 e. The van der Waals surface area contributed by atoms with Gasteiger partial charge >= 0.3 is 0 Å². The van der Waals surface area contributed by atoms with Gasteiger partial charge in [0.15, 0.2) is 0 Å². The smallest absolute Gasteiger partial charge is 0.239 e. The average molecular weight is 257 g/mol. The number of unbranched alkanes of at least 4 members (excludes halogenated alkanes) is 1. The van der Waals surface area contributed by atoms with Gasteiger partial charge in [0, 0.05) is 19.5 Å². The first-order chi connectivity index (χ1) is 8.61. The van der Waals surface area contributed by atoms with E-state index in [4.69, 9.17) is 10.5 Å². The molecule has 0 aromatic carbocycles. The summed E-state index contributed by atoms with van der Waals surface area (Å²) in [6, 6.07) is -0.184. The first-order valence-electron chi connectivity index (χ1n) is 6.49. The number of morpholine rings is 1. The van der Waals surface area contributed by atoms with E-state index in [2.05, 4.69) is 5.32 Å². The minimum atomic E-state index is -0.271. The first kappa shape index (κ1) is 14.9. The second-order valence-corrected chi connectivity index (χ2v) is 4.54. The highest BCUT2D eigenvalue weighted by atomic mass is 16.5. The van der Waals surface area contributed by atoms with Crippen LogP contribution in [0.5, 0.6) is 0 Å². The monoisotopic (exact) mass is 257 g/mol. The van der Waals surface area contributed by atoms with Crippen molar-refractivity contribution < 1.29 is 14.3 Å². The minimum absolute atomic E-state index is 0.119. The second kappa shape index (κ2) is 8.05. The van der Waals surface area contributed by atoms with Gasteiger partial charge in [-0.3, -0.25) is 9.59 Å². The van der Waals surface area contributed by atoms with Crippen LogP contribution in [0.3, 0.4) is 0 Å². The van der Waals surface area contributed by atoms with Crippen molar-refractivity contribution >= 4 is 11.8 Å². The maximum Gasteiger partial charge on any atom is 0.239 e. The predicted octanol–water partition coefficient (Wildman–Crippen LogP) is -0.521. The Morgan fingerprint density at radius 1 is 1.33 bits per heavy atom. The highest BCUT2D eigenvalue weighted by Crippen LogP contribution is 2.01. The topological polar surface area (TPSA) is 84.7 Å². The molecule has 0 aliphatic carbocycles. The van der Waals surface area contributed by atoms with E-state index in [1.165, 1.54) is 0 Å². The zero-order valence-corrected chi connectivity index (χ0v) is 11.0. The summed E-state index contributed by atoms with van der Waals surface area (Å²) in [5.41, 5.74) is 5.05. The van der Waals surface area contributed by atoms with Gasteiger partial charge in [0.1, 0.15) is 0 Å². The normalized spacial score (nSPS) is 17.5. The average Bonchev–Trinajstić information content (AvgIpc) is 2.38. The van der Waals surface area contributed by atoms with Gasteiger partial charge in [-0.1, -0.05) is 0 Å². The Balaban J connectivity index is 2.13. The van der Waals surface area contributed by atoms with E-state index in [0.29, 0.717) is 32.7 Å². The second-order valence-electron chi connectivity index (χ2n) is 4.54. The van der Waals surface area contributed by atoms with E-state index >= 15 is 0 Å². The highest BCUT2D eigenvalue weighted by molar-refractivity contribution is 5.81. The Labute approximate surface area is 108 Å². The quantitative estimate of drug-likeness (QED) is 0.601. The van der Waals surface area contributed by atoms with Crippen molar-refractivity contribution in [3.05, 3.63) is 0 Å². The molecule has 104 valence electrons. The number of carbonyl (C=O) groups excluding carboxylic acids is 2. The van der Waals surface area contributed by atoms with Crippen molar-refractivity contribution in [3.8, 4) is 0 Å². The van der Waals surface area contributed by atoms with Crippen molar-refractivity contribution in [1.82, 2.24) is 10.2 Å². The third kappa shape index (κ3) is 5.46. The van der Waals surface area contributed by atoms with E-state index in [9.17, 15) is 9.59 Å². The van der Waals surface area contributed by atoms with Crippen molar-refractivity contribution in [2.24, 2.45) is 5.73 Å². The van der Waals surface area contributed by atoms with Crippen LogP contribution in [0, 0.1) is 0 Å². The first-order valence-corrected chi connectivity index (χ1v) is 6.49. The van der Waals surface area contributed by atoms with E-state index in [-0.39, 0.29) is 17.9 Å². The third-order valence-corrected chi connectivity index (χ3v) is 2.99. The van der Waals surface area contributed by atoms with Gasteiger partial charge < -0.3 is 20.7 Å². The predicted molar refractivity (Wildman–Crippen MR) is 67.9 cm³/mol. The molecule has 0 radical (unpaired) electrons. The SMILES string of the molecule is CC(NCCCCC(N)=O)C(=O)N1CCOCC1. The molecule has 1 unspecified atom stereocenters. The van der Waals surface area contributed by atoms with Gasteiger partial charge in [-0.15, -0.1) is 0 Å². The van der Waals surface area contributed by atoms with Crippen LogP contribution in [0.2, 0.25) is 0 Å². The van der Waals surface area contributed by atoms with E-state index in [0.717, 1.165) is 19.4 Å². The van der Waals surface area contributed by atoms with Crippen molar-refractivity contribution in [2.75, 3.05) is 32.8 Å². The summed E-state index contributed by atoms with van der Waals surface area (Å²) in [6.45, 7) is 5.18. The summed E-state index contributed by atoms with van der Waals surface area (Å²) in [6.07, 6.45) is 2.03.